The molecular weight excluding hydrogens is 372 g/mol. The van der Waals surface area contributed by atoms with E-state index in [2.05, 4.69) is 23.7 Å². The van der Waals surface area contributed by atoms with Gasteiger partial charge in [-0.2, -0.15) is 0 Å². The van der Waals surface area contributed by atoms with Crippen LogP contribution >= 0.6 is 11.8 Å². The van der Waals surface area contributed by atoms with Crippen molar-refractivity contribution in [2.24, 2.45) is 0 Å². The Kier molecular flexibility index (Phi) is 7.14. The number of hydrogen-bond acceptors (Lipinski definition) is 5. The van der Waals surface area contributed by atoms with E-state index in [-0.39, 0.29) is 5.91 Å². The third kappa shape index (κ3) is 4.41. The second-order valence-electron chi connectivity index (χ2n) is 6.84. The summed E-state index contributed by atoms with van der Waals surface area (Å²) in [4.78, 5) is 14.8. The Morgan fingerprint density at radius 3 is 2.93 bits per heavy atom. The highest BCUT2D eigenvalue weighted by Crippen LogP contribution is 2.31. The fourth-order valence-electron chi connectivity index (χ4n) is 3.68. The minimum Gasteiger partial charge on any atom is -0.496 e. The minimum atomic E-state index is 0.184. The van der Waals surface area contributed by atoms with Crippen molar-refractivity contribution in [2.45, 2.75) is 50.4 Å². The van der Waals surface area contributed by atoms with Gasteiger partial charge in [0.05, 0.1) is 18.4 Å². The van der Waals surface area contributed by atoms with Crippen LogP contribution in [0.15, 0.2) is 42.1 Å². The molecule has 1 saturated heterocycles. The number of hydrogen-bond donors (Lipinski definition) is 0. The summed E-state index contributed by atoms with van der Waals surface area (Å²) in [6.45, 7) is 7.44. The summed E-state index contributed by atoms with van der Waals surface area (Å²) in [5.41, 5.74) is 0.875. The van der Waals surface area contributed by atoms with E-state index < -0.39 is 0 Å². The Labute approximate surface area is 171 Å². The van der Waals surface area contributed by atoms with E-state index in [0.29, 0.717) is 18.3 Å². The van der Waals surface area contributed by atoms with Gasteiger partial charge in [-0.3, -0.25) is 9.36 Å². The van der Waals surface area contributed by atoms with Gasteiger partial charge >= 0.3 is 0 Å². The highest BCUT2D eigenvalue weighted by Gasteiger charge is 2.26. The van der Waals surface area contributed by atoms with Crippen LogP contribution in [0.5, 0.6) is 5.75 Å². The number of methoxy groups -OCH3 is 1. The summed E-state index contributed by atoms with van der Waals surface area (Å²) >= 11 is 1.44. The maximum atomic E-state index is 12.8. The number of likely N-dealkylation sites (tertiary alicyclic amines) is 1. The first-order valence-electron chi connectivity index (χ1n) is 9.79. The summed E-state index contributed by atoms with van der Waals surface area (Å²) in [6, 6.07) is 8.11. The number of amides is 1. The van der Waals surface area contributed by atoms with Gasteiger partial charge < -0.3 is 9.64 Å². The number of carbonyl (C=O) groups excluding carboxylic acids is 1. The molecule has 6 nitrogen and oxygen atoms in total. The molecule has 0 N–H and O–H groups in total. The standard InChI is InChI=1S/C21H28N4O2S/c1-4-13-25-20(17-11-6-7-12-18(17)27-3)22-23-21(25)28-15-19(26)24-14-9-8-10-16(24)5-2/h4,6-7,11-12,16H,1,5,8-10,13-15H2,2-3H3. The Morgan fingerprint density at radius 2 is 2.18 bits per heavy atom. The summed E-state index contributed by atoms with van der Waals surface area (Å²) < 4.78 is 7.45. The number of benzene rings is 1. The van der Waals surface area contributed by atoms with E-state index in [4.69, 9.17) is 4.74 Å². The normalized spacial score (nSPS) is 16.8. The SMILES string of the molecule is C=CCn1c(SCC(=O)N2CCCCC2CC)nnc1-c1ccccc1OC. The number of thioether (sulfide) groups is 1. The largest absolute Gasteiger partial charge is 0.496 e. The number of rotatable bonds is 8. The van der Waals surface area contributed by atoms with E-state index in [9.17, 15) is 4.79 Å². The van der Waals surface area contributed by atoms with E-state index in [1.807, 2.05) is 39.8 Å². The average Bonchev–Trinajstić information content (AvgIpc) is 3.14. The Balaban J connectivity index is 1.78. The van der Waals surface area contributed by atoms with Crippen molar-refractivity contribution in [2.75, 3.05) is 19.4 Å². The zero-order chi connectivity index (χ0) is 19.9. The van der Waals surface area contributed by atoms with Crippen LogP contribution in [0.1, 0.15) is 32.6 Å². The highest BCUT2D eigenvalue weighted by molar-refractivity contribution is 7.99. The number of carbonyl (C=O) groups is 1. The molecule has 2 heterocycles. The van der Waals surface area contributed by atoms with Crippen LogP contribution in [-0.2, 0) is 11.3 Å². The zero-order valence-corrected chi connectivity index (χ0v) is 17.5. The van der Waals surface area contributed by atoms with E-state index in [1.165, 1.54) is 18.2 Å². The lowest BCUT2D eigenvalue weighted by Gasteiger charge is -2.35. The second-order valence-corrected chi connectivity index (χ2v) is 7.78. The van der Waals surface area contributed by atoms with Crippen molar-refractivity contribution in [3.05, 3.63) is 36.9 Å². The molecular formula is C21H28N4O2S. The molecule has 1 aliphatic heterocycles. The quantitative estimate of drug-likeness (QED) is 0.495. The maximum absolute atomic E-state index is 12.8. The molecule has 0 aliphatic carbocycles. The van der Waals surface area contributed by atoms with Crippen LogP contribution in [0, 0.1) is 0 Å². The molecule has 7 heteroatoms. The van der Waals surface area contributed by atoms with Gasteiger partial charge in [0.25, 0.3) is 0 Å². The molecule has 0 spiro atoms. The number of allylic oxidation sites excluding steroid dienone is 1. The lowest BCUT2D eigenvalue weighted by atomic mass is 10.0. The van der Waals surface area contributed by atoms with Gasteiger partial charge in [0.1, 0.15) is 5.75 Å². The maximum Gasteiger partial charge on any atom is 0.233 e. The average molecular weight is 401 g/mol. The smallest absolute Gasteiger partial charge is 0.233 e. The van der Waals surface area contributed by atoms with Crippen molar-refractivity contribution in [1.82, 2.24) is 19.7 Å². The molecule has 150 valence electrons. The molecule has 1 aliphatic rings. The molecule has 1 unspecified atom stereocenters. The second kappa shape index (κ2) is 9.78. The number of ether oxygens (including phenoxy) is 1. The Hall–Kier alpha value is -2.28. The molecule has 1 amide bonds. The van der Waals surface area contributed by atoms with Crippen molar-refractivity contribution in [3.63, 3.8) is 0 Å². The molecule has 1 atom stereocenters. The van der Waals surface area contributed by atoms with Crippen LogP contribution in [0.4, 0.5) is 0 Å². The first kappa shape index (κ1) is 20.5. The van der Waals surface area contributed by atoms with Crippen LogP contribution in [0.3, 0.4) is 0 Å². The zero-order valence-electron chi connectivity index (χ0n) is 16.6. The van der Waals surface area contributed by atoms with Gasteiger partial charge in [0.2, 0.25) is 5.91 Å². The molecule has 2 aromatic rings. The topological polar surface area (TPSA) is 60.2 Å². The molecule has 0 bridgehead atoms. The summed E-state index contributed by atoms with van der Waals surface area (Å²) in [6.07, 6.45) is 6.24. The molecule has 1 aromatic carbocycles. The predicted molar refractivity (Wildman–Crippen MR) is 113 cm³/mol. The number of aromatic nitrogens is 3. The van der Waals surface area contributed by atoms with Crippen molar-refractivity contribution >= 4 is 17.7 Å². The third-order valence-corrected chi connectivity index (χ3v) is 6.07. The molecule has 3 rings (SSSR count). The van der Waals surface area contributed by atoms with Crippen molar-refractivity contribution in [1.29, 1.82) is 0 Å². The number of nitrogens with zero attached hydrogens (tertiary/aromatic N) is 4. The van der Waals surface area contributed by atoms with Crippen LogP contribution in [0.25, 0.3) is 11.4 Å². The van der Waals surface area contributed by atoms with Crippen molar-refractivity contribution < 1.29 is 9.53 Å². The predicted octanol–water partition coefficient (Wildman–Crippen LogP) is 4.02. The summed E-state index contributed by atoms with van der Waals surface area (Å²) in [7, 11) is 1.64. The number of piperidine rings is 1. The molecule has 0 saturated carbocycles. The van der Waals surface area contributed by atoms with Crippen LogP contribution < -0.4 is 4.74 Å². The van der Waals surface area contributed by atoms with Gasteiger partial charge in [-0.1, -0.05) is 36.9 Å². The van der Waals surface area contributed by atoms with Gasteiger partial charge in [-0.25, -0.2) is 0 Å². The monoisotopic (exact) mass is 400 g/mol. The minimum absolute atomic E-state index is 0.184. The Bertz CT molecular complexity index is 820. The first-order chi connectivity index (χ1) is 13.7. The summed E-state index contributed by atoms with van der Waals surface area (Å²) in [5, 5.41) is 9.44. The molecule has 1 fully saturated rings. The van der Waals surface area contributed by atoms with Gasteiger partial charge in [0, 0.05) is 19.1 Å². The molecule has 1 aromatic heterocycles. The van der Waals surface area contributed by atoms with Gasteiger partial charge in [0.15, 0.2) is 11.0 Å². The fourth-order valence-corrected chi connectivity index (χ4v) is 4.51. The van der Waals surface area contributed by atoms with Gasteiger partial charge in [-0.05, 0) is 37.8 Å². The van der Waals surface area contributed by atoms with Crippen LogP contribution in [0.2, 0.25) is 0 Å². The lowest BCUT2D eigenvalue weighted by Crippen LogP contribution is -2.44. The van der Waals surface area contributed by atoms with Gasteiger partial charge in [-0.15, -0.1) is 16.8 Å². The van der Waals surface area contributed by atoms with E-state index in [1.54, 1.807) is 7.11 Å². The van der Waals surface area contributed by atoms with Crippen LogP contribution in [-0.4, -0.2) is 51.0 Å². The van der Waals surface area contributed by atoms with E-state index in [0.717, 1.165) is 48.1 Å². The summed E-state index contributed by atoms with van der Waals surface area (Å²) in [5.74, 6) is 2.02. The van der Waals surface area contributed by atoms with E-state index >= 15 is 0 Å². The highest BCUT2D eigenvalue weighted by atomic mass is 32.2. The molecule has 28 heavy (non-hydrogen) atoms. The molecule has 0 radical (unpaired) electrons. The third-order valence-electron chi connectivity index (χ3n) is 5.12. The van der Waals surface area contributed by atoms with Crippen molar-refractivity contribution in [3.8, 4) is 17.1 Å². The lowest BCUT2D eigenvalue weighted by molar-refractivity contribution is -0.132. The first-order valence-corrected chi connectivity index (χ1v) is 10.8. The Morgan fingerprint density at radius 1 is 1.36 bits per heavy atom. The number of para-hydroxylation sites is 1. The fraction of sp³-hybridized carbons (Fsp3) is 0.476.